The zero-order valence-corrected chi connectivity index (χ0v) is 15.3. The second-order valence-electron chi connectivity index (χ2n) is 7.14. The molecule has 0 radical (unpaired) electrons. The van der Waals surface area contributed by atoms with Crippen LogP contribution in [0.4, 0.5) is 15.3 Å². The Morgan fingerprint density at radius 1 is 1.24 bits per heavy atom. The van der Waals surface area contributed by atoms with E-state index in [9.17, 15) is 9.59 Å². The van der Waals surface area contributed by atoms with Gasteiger partial charge in [0.15, 0.2) is 0 Å². The fourth-order valence-corrected chi connectivity index (χ4v) is 2.58. The molecule has 138 valence electrons. The van der Waals surface area contributed by atoms with Gasteiger partial charge in [0.25, 0.3) is 0 Å². The number of carbonyl (C=O) groups excluding carboxylic acids is 2. The molecule has 0 aliphatic carbocycles. The van der Waals surface area contributed by atoms with Gasteiger partial charge in [-0.3, -0.25) is 0 Å². The predicted molar refractivity (Wildman–Crippen MR) is 95.9 cm³/mol. The van der Waals surface area contributed by atoms with E-state index in [1.165, 1.54) is 0 Å². The number of amides is 3. The minimum atomic E-state index is -0.494. The molecule has 0 bridgehead atoms. The number of methoxy groups -OCH3 is 1. The van der Waals surface area contributed by atoms with Crippen molar-refractivity contribution in [2.45, 2.75) is 32.8 Å². The second kappa shape index (κ2) is 8.09. The fourth-order valence-electron chi connectivity index (χ4n) is 2.58. The van der Waals surface area contributed by atoms with Crippen molar-refractivity contribution >= 4 is 17.8 Å². The molecule has 2 rings (SSSR count). The third-order valence-corrected chi connectivity index (χ3v) is 3.84. The molecule has 0 spiro atoms. The van der Waals surface area contributed by atoms with E-state index in [1.807, 2.05) is 20.8 Å². The van der Waals surface area contributed by atoms with Crippen LogP contribution >= 0.6 is 0 Å². The van der Waals surface area contributed by atoms with Crippen molar-refractivity contribution in [1.29, 1.82) is 0 Å². The molecule has 1 unspecified atom stereocenters. The van der Waals surface area contributed by atoms with Crippen LogP contribution in [0.3, 0.4) is 0 Å². The molecule has 1 aromatic rings. The quantitative estimate of drug-likeness (QED) is 0.875. The largest absolute Gasteiger partial charge is 0.497 e. The van der Waals surface area contributed by atoms with Crippen molar-refractivity contribution in [2.75, 3.05) is 32.1 Å². The van der Waals surface area contributed by atoms with Crippen molar-refractivity contribution in [1.82, 2.24) is 10.2 Å². The van der Waals surface area contributed by atoms with Gasteiger partial charge >= 0.3 is 12.1 Å². The van der Waals surface area contributed by atoms with E-state index in [0.717, 1.165) is 12.2 Å². The third kappa shape index (κ3) is 6.17. The lowest BCUT2D eigenvalue weighted by atomic mass is 10.1. The van der Waals surface area contributed by atoms with E-state index in [2.05, 4.69) is 10.6 Å². The predicted octanol–water partition coefficient (Wildman–Crippen LogP) is 3.07. The summed E-state index contributed by atoms with van der Waals surface area (Å²) in [6.45, 7) is 7.32. The highest BCUT2D eigenvalue weighted by Gasteiger charge is 2.29. The summed E-state index contributed by atoms with van der Waals surface area (Å²) in [6.07, 6.45) is 0.555. The highest BCUT2D eigenvalue weighted by atomic mass is 16.6. The molecule has 1 atom stereocenters. The van der Waals surface area contributed by atoms with Gasteiger partial charge < -0.3 is 25.0 Å². The maximum absolute atomic E-state index is 12.0. The number of nitrogens with one attached hydrogen (secondary N) is 2. The van der Waals surface area contributed by atoms with Gasteiger partial charge in [0, 0.05) is 25.3 Å². The Morgan fingerprint density at radius 3 is 2.52 bits per heavy atom. The van der Waals surface area contributed by atoms with E-state index in [4.69, 9.17) is 9.47 Å². The fraction of sp³-hybridized carbons (Fsp3) is 0.556. The molecule has 7 nitrogen and oxygen atoms in total. The molecule has 1 saturated heterocycles. The first-order valence-electron chi connectivity index (χ1n) is 8.43. The van der Waals surface area contributed by atoms with Crippen LogP contribution in [0, 0.1) is 5.92 Å². The van der Waals surface area contributed by atoms with Gasteiger partial charge in [-0.05, 0) is 57.4 Å². The molecule has 7 heteroatoms. The van der Waals surface area contributed by atoms with Crippen LogP contribution in [0.15, 0.2) is 24.3 Å². The summed E-state index contributed by atoms with van der Waals surface area (Å²) in [7, 11) is 1.59. The van der Waals surface area contributed by atoms with Gasteiger partial charge in [-0.25, -0.2) is 9.59 Å². The van der Waals surface area contributed by atoms with Gasteiger partial charge in [0.1, 0.15) is 11.4 Å². The van der Waals surface area contributed by atoms with Gasteiger partial charge in [0.2, 0.25) is 0 Å². The van der Waals surface area contributed by atoms with Crippen LogP contribution in [0.25, 0.3) is 0 Å². The van der Waals surface area contributed by atoms with Crippen LogP contribution in [-0.2, 0) is 4.74 Å². The number of hydrogen-bond donors (Lipinski definition) is 2. The average molecular weight is 349 g/mol. The molecule has 1 fully saturated rings. The minimum Gasteiger partial charge on any atom is -0.497 e. The average Bonchev–Trinajstić information content (AvgIpc) is 3.01. The maximum atomic E-state index is 12.0. The minimum absolute atomic E-state index is 0.231. The SMILES string of the molecule is COc1ccc(NC(=O)NCC2CCN(C(=O)OC(C)(C)C)C2)cc1. The lowest BCUT2D eigenvalue weighted by Crippen LogP contribution is -2.37. The molecule has 3 amide bonds. The van der Waals surface area contributed by atoms with E-state index in [1.54, 1.807) is 36.3 Å². The monoisotopic (exact) mass is 349 g/mol. The van der Waals surface area contributed by atoms with Crippen LogP contribution in [0.5, 0.6) is 5.75 Å². The highest BCUT2D eigenvalue weighted by Crippen LogP contribution is 2.19. The normalized spacial score (nSPS) is 17.1. The van der Waals surface area contributed by atoms with Crippen LogP contribution < -0.4 is 15.4 Å². The van der Waals surface area contributed by atoms with Crippen molar-refractivity contribution in [3.63, 3.8) is 0 Å². The Hall–Kier alpha value is -2.44. The van der Waals surface area contributed by atoms with E-state index >= 15 is 0 Å². The molecule has 1 aliphatic heterocycles. The number of urea groups is 1. The lowest BCUT2D eigenvalue weighted by molar-refractivity contribution is 0.0288. The summed E-state index contributed by atoms with van der Waals surface area (Å²) in [5.41, 5.74) is 0.200. The Labute approximate surface area is 148 Å². The molecule has 1 aromatic carbocycles. The number of ether oxygens (including phenoxy) is 2. The molecule has 0 aromatic heterocycles. The zero-order valence-electron chi connectivity index (χ0n) is 15.3. The van der Waals surface area contributed by atoms with Gasteiger partial charge in [-0.15, -0.1) is 0 Å². The summed E-state index contributed by atoms with van der Waals surface area (Å²) in [5.74, 6) is 0.966. The van der Waals surface area contributed by atoms with E-state index in [-0.39, 0.29) is 18.0 Å². The number of rotatable bonds is 4. The summed E-state index contributed by atoms with van der Waals surface area (Å²) < 4.78 is 10.4. The first kappa shape index (κ1) is 18.9. The third-order valence-electron chi connectivity index (χ3n) is 3.84. The maximum Gasteiger partial charge on any atom is 0.410 e. The first-order chi connectivity index (χ1) is 11.8. The number of carbonyl (C=O) groups is 2. The number of anilines is 1. The highest BCUT2D eigenvalue weighted by molar-refractivity contribution is 5.89. The zero-order chi connectivity index (χ0) is 18.4. The molecule has 25 heavy (non-hydrogen) atoms. The molecule has 1 aliphatic rings. The second-order valence-corrected chi connectivity index (χ2v) is 7.14. The Kier molecular flexibility index (Phi) is 6.12. The molecule has 1 heterocycles. The number of nitrogens with zero attached hydrogens (tertiary/aromatic N) is 1. The number of hydrogen-bond acceptors (Lipinski definition) is 4. The Bertz CT molecular complexity index is 595. The summed E-state index contributed by atoms with van der Waals surface area (Å²) >= 11 is 0. The van der Waals surface area contributed by atoms with Gasteiger partial charge in [0.05, 0.1) is 7.11 Å². The van der Waals surface area contributed by atoms with Crippen LogP contribution in [0.1, 0.15) is 27.2 Å². The smallest absolute Gasteiger partial charge is 0.410 e. The topological polar surface area (TPSA) is 79.9 Å². The lowest BCUT2D eigenvalue weighted by Gasteiger charge is -2.24. The summed E-state index contributed by atoms with van der Waals surface area (Å²) in [5, 5.41) is 5.62. The van der Waals surface area contributed by atoms with Crippen LogP contribution in [-0.4, -0.2) is 49.4 Å². The van der Waals surface area contributed by atoms with Crippen molar-refractivity contribution < 1.29 is 19.1 Å². The van der Waals surface area contributed by atoms with E-state index < -0.39 is 5.60 Å². The van der Waals surface area contributed by atoms with Crippen molar-refractivity contribution in [3.05, 3.63) is 24.3 Å². The molecular formula is C18H27N3O4. The van der Waals surface area contributed by atoms with Crippen molar-refractivity contribution in [3.8, 4) is 5.75 Å². The Morgan fingerprint density at radius 2 is 1.92 bits per heavy atom. The van der Waals surface area contributed by atoms with Crippen LogP contribution in [0.2, 0.25) is 0 Å². The summed E-state index contributed by atoms with van der Waals surface area (Å²) in [6, 6.07) is 6.86. The van der Waals surface area contributed by atoms with Gasteiger partial charge in [-0.1, -0.05) is 0 Å². The molecule has 2 N–H and O–H groups in total. The Balaban J connectivity index is 1.72. The van der Waals surface area contributed by atoms with Crippen molar-refractivity contribution in [2.24, 2.45) is 5.92 Å². The number of likely N-dealkylation sites (tertiary alicyclic amines) is 1. The standard InChI is InChI=1S/C18H27N3O4/c1-18(2,3)25-17(23)21-10-9-13(12-21)11-19-16(22)20-14-5-7-15(24-4)8-6-14/h5-8,13H,9-12H2,1-4H3,(H2,19,20,22). The number of benzene rings is 1. The first-order valence-corrected chi connectivity index (χ1v) is 8.43. The summed E-state index contributed by atoms with van der Waals surface area (Å²) in [4.78, 5) is 25.7. The van der Waals surface area contributed by atoms with Gasteiger partial charge in [-0.2, -0.15) is 0 Å². The van der Waals surface area contributed by atoms with E-state index in [0.29, 0.717) is 25.3 Å². The molecular weight excluding hydrogens is 322 g/mol. The molecule has 0 saturated carbocycles.